The third kappa shape index (κ3) is 3.33. The molecule has 0 bridgehead atoms. The maximum Gasteiger partial charge on any atom is 0.260 e. The van der Waals surface area contributed by atoms with Crippen molar-refractivity contribution in [2.24, 2.45) is 0 Å². The van der Waals surface area contributed by atoms with Crippen LogP contribution in [-0.2, 0) is 4.79 Å². The Kier molecular flexibility index (Phi) is 4.34. The summed E-state index contributed by atoms with van der Waals surface area (Å²) in [7, 11) is 0. The molecule has 0 N–H and O–H groups in total. The molecule has 0 saturated carbocycles. The molecule has 3 aromatic rings. The Labute approximate surface area is 147 Å². The van der Waals surface area contributed by atoms with E-state index < -0.39 is 0 Å². The number of ether oxygens (including phenoxy) is 1. The molecule has 1 aliphatic rings. The van der Waals surface area contributed by atoms with Crippen molar-refractivity contribution in [3.05, 3.63) is 60.7 Å². The Bertz CT molecular complexity index is 887. The number of pyridine rings is 1. The third-order valence-electron chi connectivity index (χ3n) is 4.56. The van der Waals surface area contributed by atoms with Crippen molar-refractivity contribution in [3.63, 3.8) is 0 Å². The van der Waals surface area contributed by atoms with Crippen molar-refractivity contribution in [2.75, 3.05) is 19.7 Å². The number of amides is 1. The predicted molar refractivity (Wildman–Crippen MR) is 98.5 cm³/mol. The van der Waals surface area contributed by atoms with Gasteiger partial charge in [0.2, 0.25) is 0 Å². The summed E-state index contributed by atoms with van der Waals surface area (Å²) in [5.41, 5.74) is 2.75. The SMILES string of the molecule is O=C(COc1cc(-c2ccccc2)nc2ccccc12)N1CCCC1. The average Bonchev–Trinajstić information content (AvgIpc) is 3.21. The number of aromatic nitrogens is 1. The van der Waals surface area contributed by atoms with Crippen LogP contribution in [0.15, 0.2) is 60.7 Å². The van der Waals surface area contributed by atoms with Crippen molar-refractivity contribution in [3.8, 4) is 17.0 Å². The van der Waals surface area contributed by atoms with E-state index in [1.165, 1.54) is 0 Å². The van der Waals surface area contributed by atoms with E-state index in [2.05, 4.69) is 0 Å². The molecule has 4 nitrogen and oxygen atoms in total. The highest BCUT2D eigenvalue weighted by molar-refractivity contribution is 5.88. The van der Waals surface area contributed by atoms with Gasteiger partial charge in [-0.25, -0.2) is 4.98 Å². The number of hydrogen-bond donors (Lipinski definition) is 0. The molecule has 4 heteroatoms. The fourth-order valence-electron chi connectivity index (χ4n) is 3.22. The van der Waals surface area contributed by atoms with Gasteiger partial charge in [-0.3, -0.25) is 4.79 Å². The standard InChI is InChI=1S/C21H20N2O2/c24-21(23-12-6-7-13-23)15-25-20-14-19(16-8-2-1-3-9-16)22-18-11-5-4-10-17(18)20/h1-5,8-11,14H,6-7,12-13,15H2. The molecule has 0 aliphatic carbocycles. The second-order valence-corrected chi connectivity index (χ2v) is 6.27. The molecule has 1 fully saturated rings. The quantitative estimate of drug-likeness (QED) is 0.727. The highest BCUT2D eigenvalue weighted by Crippen LogP contribution is 2.30. The van der Waals surface area contributed by atoms with Gasteiger partial charge in [0.25, 0.3) is 5.91 Å². The number of rotatable bonds is 4. The first-order valence-corrected chi connectivity index (χ1v) is 8.67. The number of benzene rings is 2. The minimum atomic E-state index is 0.0552. The number of nitrogens with zero attached hydrogens (tertiary/aromatic N) is 2. The zero-order chi connectivity index (χ0) is 17.1. The first kappa shape index (κ1) is 15.6. The molecule has 2 aromatic carbocycles. The zero-order valence-electron chi connectivity index (χ0n) is 14.0. The molecule has 1 saturated heterocycles. The lowest BCUT2D eigenvalue weighted by Crippen LogP contribution is -2.32. The normalized spacial score (nSPS) is 14.0. The van der Waals surface area contributed by atoms with E-state index in [1.54, 1.807) is 0 Å². The molecular weight excluding hydrogens is 312 g/mol. The summed E-state index contributed by atoms with van der Waals surface area (Å²) in [5, 5.41) is 0.927. The Balaban J connectivity index is 1.65. The van der Waals surface area contributed by atoms with Gasteiger partial charge >= 0.3 is 0 Å². The van der Waals surface area contributed by atoms with Crippen LogP contribution in [0.2, 0.25) is 0 Å². The smallest absolute Gasteiger partial charge is 0.260 e. The molecular formula is C21H20N2O2. The molecule has 0 unspecified atom stereocenters. The lowest BCUT2D eigenvalue weighted by atomic mass is 10.1. The second kappa shape index (κ2) is 6.93. The van der Waals surface area contributed by atoms with Gasteiger partial charge in [-0.2, -0.15) is 0 Å². The Morgan fingerprint density at radius 2 is 1.72 bits per heavy atom. The van der Waals surface area contributed by atoms with E-state index in [0.717, 1.165) is 48.1 Å². The van der Waals surface area contributed by atoms with Crippen molar-refractivity contribution in [1.82, 2.24) is 9.88 Å². The van der Waals surface area contributed by atoms with Gasteiger partial charge < -0.3 is 9.64 Å². The van der Waals surface area contributed by atoms with Gasteiger partial charge in [0.05, 0.1) is 11.2 Å². The summed E-state index contributed by atoms with van der Waals surface area (Å²) in [6.07, 6.45) is 2.17. The highest BCUT2D eigenvalue weighted by atomic mass is 16.5. The minimum Gasteiger partial charge on any atom is -0.483 e. The van der Waals surface area contributed by atoms with Gasteiger partial charge in [0.1, 0.15) is 5.75 Å². The fourth-order valence-corrected chi connectivity index (χ4v) is 3.22. The van der Waals surface area contributed by atoms with Gasteiger partial charge in [0.15, 0.2) is 6.61 Å². The Hall–Kier alpha value is -2.88. The molecule has 0 atom stereocenters. The van der Waals surface area contributed by atoms with Crippen molar-refractivity contribution in [2.45, 2.75) is 12.8 Å². The minimum absolute atomic E-state index is 0.0552. The summed E-state index contributed by atoms with van der Waals surface area (Å²) in [5.74, 6) is 0.761. The summed E-state index contributed by atoms with van der Waals surface area (Å²) >= 11 is 0. The van der Waals surface area contributed by atoms with E-state index in [4.69, 9.17) is 9.72 Å². The largest absolute Gasteiger partial charge is 0.483 e. The number of hydrogen-bond acceptors (Lipinski definition) is 3. The zero-order valence-corrected chi connectivity index (χ0v) is 14.0. The maximum absolute atomic E-state index is 12.3. The summed E-state index contributed by atoms with van der Waals surface area (Å²) in [6.45, 7) is 1.76. The molecule has 126 valence electrons. The van der Waals surface area contributed by atoms with Crippen LogP contribution in [0.25, 0.3) is 22.2 Å². The molecule has 1 aromatic heterocycles. The Morgan fingerprint density at radius 3 is 2.52 bits per heavy atom. The molecule has 1 amide bonds. The summed E-state index contributed by atoms with van der Waals surface area (Å²) in [6, 6.07) is 19.8. The van der Waals surface area contributed by atoms with Crippen molar-refractivity contribution >= 4 is 16.8 Å². The summed E-state index contributed by atoms with van der Waals surface area (Å²) in [4.78, 5) is 18.9. The lowest BCUT2D eigenvalue weighted by Gasteiger charge is -2.16. The maximum atomic E-state index is 12.3. The highest BCUT2D eigenvalue weighted by Gasteiger charge is 2.19. The first-order chi connectivity index (χ1) is 12.3. The van der Waals surface area contributed by atoms with Crippen LogP contribution in [0.5, 0.6) is 5.75 Å². The van der Waals surface area contributed by atoms with Gasteiger partial charge in [-0.1, -0.05) is 42.5 Å². The van der Waals surface area contributed by atoms with Crippen LogP contribution in [0, 0.1) is 0 Å². The number of likely N-dealkylation sites (tertiary alicyclic amines) is 1. The molecule has 0 radical (unpaired) electrons. The molecule has 1 aliphatic heterocycles. The predicted octanol–water partition coefficient (Wildman–Crippen LogP) is 3.90. The van der Waals surface area contributed by atoms with Crippen LogP contribution < -0.4 is 4.74 Å². The van der Waals surface area contributed by atoms with Crippen LogP contribution >= 0.6 is 0 Å². The Morgan fingerprint density at radius 1 is 1.00 bits per heavy atom. The van der Waals surface area contributed by atoms with Crippen LogP contribution in [0.3, 0.4) is 0 Å². The van der Waals surface area contributed by atoms with Gasteiger partial charge in [-0.05, 0) is 25.0 Å². The molecule has 4 rings (SSSR count). The molecule has 0 spiro atoms. The van der Waals surface area contributed by atoms with E-state index in [0.29, 0.717) is 5.75 Å². The van der Waals surface area contributed by atoms with Crippen molar-refractivity contribution < 1.29 is 9.53 Å². The third-order valence-corrected chi connectivity index (χ3v) is 4.56. The average molecular weight is 332 g/mol. The molecule has 25 heavy (non-hydrogen) atoms. The topological polar surface area (TPSA) is 42.4 Å². The van der Waals surface area contributed by atoms with E-state index in [-0.39, 0.29) is 12.5 Å². The first-order valence-electron chi connectivity index (χ1n) is 8.67. The van der Waals surface area contributed by atoms with Crippen LogP contribution in [0.4, 0.5) is 0 Å². The van der Waals surface area contributed by atoms with Crippen molar-refractivity contribution in [1.29, 1.82) is 0 Å². The van der Waals surface area contributed by atoms with Gasteiger partial charge in [0, 0.05) is 30.1 Å². The number of fused-ring (bicyclic) bond motifs is 1. The number of para-hydroxylation sites is 1. The van der Waals surface area contributed by atoms with E-state index >= 15 is 0 Å². The lowest BCUT2D eigenvalue weighted by molar-refractivity contribution is -0.132. The van der Waals surface area contributed by atoms with E-state index in [9.17, 15) is 4.79 Å². The van der Waals surface area contributed by atoms with Crippen LogP contribution in [0.1, 0.15) is 12.8 Å². The number of carbonyl (C=O) groups excluding carboxylic acids is 1. The van der Waals surface area contributed by atoms with Gasteiger partial charge in [-0.15, -0.1) is 0 Å². The monoisotopic (exact) mass is 332 g/mol. The second-order valence-electron chi connectivity index (χ2n) is 6.27. The summed E-state index contributed by atoms with van der Waals surface area (Å²) < 4.78 is 5.92. The van der Waals surface area contributed by atoms with E-state index in [1.807, 2.05) is 65.6 Å². The fraction of sp³-hybridized carbons (Fsp3) is 0.238. The molecule has 2 heterocycles. The number of carbonyl (C=O) groups is 1. The van der Waals surface area contributed by atoms with Crippen LogP contribution in [-0.4, -0.2) is 35.5 Å².